The van der Waals surface area contributed by atoms with Crippen molar-refractivity contribution in [2.24, 2.45) is 0 Å². The predicted molar refractivity (Wildman–Crippen MR) is 65.3 cm³/mol. The first-order valence-electron chi connectivity index (χ1n) is 6.38. The summed E-state index contributed by atoms with van der Waals surface area (Å²) in [6.45, 7) is 2.97. The number of carbonyl (C=O) groups excluding carboxylic acids is 1. The summed E-state index contributed by atoms with van der Waals surface area (Å²) in [6.07, 6.45) is 11.3. The Morgan fingerprint density at radius 2 is 2.31 bits per heavy atom. The van der Waals surface area contributed by atoms with Gasteiger partial charge in [0, 0.05) is 6.54 Å². The predicted octanol–water partition coefficient (Wildman–Crippen LogP) is 2.42. The summed E-state index contributed by atoms with van der Waals surface area (Å²) in [6, 6.07) is 0. The van der Waals surface area contributed by atoms with Crippen molar-refractivity contribution >= 4 is 5.91 Å². The van der Waals surface area contributed by atoms with Gasteiger partial charge in [-0.15, -0.1) is 0 Å². The van der Waals surface area contributed by atoms with E-state index >= 15 is 0 Å². The summed E-state index contributed by atoms with van der Waals surface area (Å²) in [5.74, 6) is -0.00249. The molecule has 3 nitrogen and oxygen atoms in total. The molecule has 0 aliphatic heterocycles. The van der Waals surface area contributed by atoms with Crippen molar-refractivity contribution in [3.8, 4) is 0 Å². The Labute approximate surface area is 98.2 Å². The first-order valence-corrected chi connectivity index (χ1v) is 6.38. The van der Waals surface area contributed by atoms with Crippen LogP contribution in [0, 0.1) is 0 Å². The second kappa shape index (κ2) is 8.34. The molecule has 1 N–H and O–H groups in total. The molecule has 1 amide bonds. The van der Waals surface area contributed by atoms with Crippen LogP contribution in [-0.4, -0.2) is 25.2 Å². The van der Waals surface area contributed by atoms with E-state index in [9.17, 15) is 4.79 Å². The molecule has 1 atom stereocenters. The van der Waals surface area contributed by atoms with Crippen LogP contribution in [0.5, 0.6) is 0 Å². The zero-order valence-corrected chi connectivity index (χ0v) is 10.2. The van der Waals surface area contributed by atoms with E-state index in [4.69, 9.17) is 4.74 Å². The lowest BCUT2D eigenvalue weighted by atomic mass is 10.0. The monoisotopic (exact) mass is 225 g/mol. The van der Waals surface area contributed by atoms with E-state index in [1.54, 1.807) is 0 Å². The van der Waals surface area contributed by atoms with Crippen LogP contribution >= 0.6 is 0 Å². The highest BCUT2D eigenvalue weighted by atomic mass is 16.5. The second-order valence-electron chi connectivity index (χ2n) is 4.27. The third-order valence-electron chi connectivity index (χ3n) is 2.71. The lowest BCUT2D eigenvalue weighted by molar-refractivity contribution is -0.126. The van der Waals surface area contributed by atoms with Gasteiger partial charge in [-0.25, -0.2) is 0 Å². The largest absolute Gasteiger partial charge is 0.364 e. The number of allylic oxidation sites excluding steroid dienone is 1. The van der Waals surface area contributed by atoms with Gasteiger partial charge < -0.3 is 10.1 Å². The van der Waals surface area contributed by atoms with Crippen molar-refractivity contribution < 1.29 is 9.53 Å². The number of hydrogen-bond acceptors (Lipinski definition) is 2. The highest BCUT2D eigenvalue weighted by Crippen LogP contribution is 2.13. The first kappa shape index (κ1) is 13.2. The second-order valence-corrected chi connectivity index (χ2v) is 4.27. The standard InChI is InChI=1S/C13H23NO2/c1-2-10-14-13(15)11-16-12-8-6-4-3-5-7-9-12/h6,8,12H,2-5,7,9-11H2,1H3,(H,14,15). The maximum absolute atomic E-state index is 11.3. The first-order chi connectivity index (χ1) is 7.83. The number of carbonyl (C=O) groups is 1. The summed E-state index contributed by atoms with van der Waals surface area (Å²) in [5.41, 5.74) is 0. The highest BCUT2D eigenvalue weighted by molar-refractivity contribution is 5.77. The molecule has 0 fully saturated rings. The smallest absolute Gasteiger partial charge is 0.246 e. The molecule has 0 radical (unpaired) electrons. The van der Waals surface area contributed by atoms with E-state index in [0.717, 1.165) is 25.8 Å². The summed E-state index contributed by atoms with van der Waals surface area (Å²) in [7, 11) is 0. The molecular weight excluding hydrogens is 202 g/mol. The fourth-order valence-electron chi connectivity index (χ4n) is 1.77. The summed E-state index contributed by atoms with van der Waals surface area (Å²) in [4.78, 5) is 11.3. The fraction of sp³-hybridized carbons (Fsp3) is 0.769. The topological polar surface area (TPSA) is 38.3 Å². The molecule has 0 aromatic carbocycles. The zero-order chi connectivity index (χ0) is 11.6. The average molecular weight is 225 g/mol. The molecule has 0 saturated heterocycles. The quantitative estimate of drug-likeness (QED) is 0.730. The molecule has 0 spiro atoms. The van der Waals surface area contributed by atoms with Gasteiger partial charge in [0.05, 0.1) is 6.10 Å². The van der Waals surface area contributed by atoms with Gasteiger partial charge in [0.2, 0.25) is 5.91 Å². The van der Waals surface area contributed by atoms with Crippen molar-refractivity contribution in [3.63, 3.8) is 0 Å². The molecule has 1 unspecified atom stereocenters. The van der Waals surface area contributed by atoms with Gasteiger partial charge in [0.1, 0.15) is 6.61 Å². The number of amides is 1. The Bertz CT molecular complexity index is 226. The highest BCUT2D eigenvalue weighted by Gasteiger charge is 2.09. The van der Waals surface area contributed by atoms with E-state index < -0.39 is 0 Å². The van der Waals surface area contributed by atoms with Crippen LogP contribution in [0.15, 0.2) is 12.2 Å². The lowest BCUT2D eigenvalue weighted by Crippen LogP contribution is -2.30. The summed E-state index contributed by atoms with van der Waals surface area (Å²) < 4.78 is 5.58. The van der Waals surface area contributed by atoms with Gasteiger partial charge in [-0.05, 0) is 25.7 Å². The maximum atomic E-state index is 11.3. The number of hydrogen-bond donors (Lipinski definition) is 1. The fourth-order valence-corrected chi connectivity index (χ4v) is 1.77. The molecule has 3 heteroatoms. The minimum absolute atomic E-state index is 0.00249. The van der Waals surface area contributed by atoms with Crippen molar-refractivity contribution in [1.82, 2.24) is 5.32 Å². The number of nitrogens with one attached hydrogen (secondary N) is 1. The van der Waals surface area contributed by atoms with Gasteiger partial charge in [0.25, 0.3) is 0 Å². The van der Waals surface area contributed by atoms with E-state index in [1.807, 2.05) is 6.92 Å². The van der Waals surface area contributed by atoms with Crippen LogP contribution in [0.25, 0.3) is 0 Å². The van der Waals surface area contributed by atoms with Gasteiger partial charge in [-0.3, -0.25) is 4.79 Å². The van der Waals surface area contributed by atoms with Gasteiger partial charge in [0.15, 0.2) is 0 Å². The Balaban J connectivity index is 2.19. The van der Waals surface area contributed by atoms with E-state index in [2.05, 4.69) is 17.5 Å². The lowest BCUT2D eigenvalue weighted by Gasteiger charge is -2.15. The minimum Gasteiger partial charge on any atom is -0.364 e. The van der Waals surface area contributed by atoms with E-state index in [0.29, 0.717) is 0 Å². The van der Waals surface area contributed by atoms with Crippen molar-refractivity contribution in [2.45, 2.75) is 51.6 Å². The van der Waals surface area contributed by atoms with Crippen LogP contribution in [0.1, 0.15) is 45.4 Å². The van der Waals surface area contributed by atoms with Crippen LogP contribution in [-0.2, 0) is 9.53 Å². The third-order valence-corrected chi connectivity index (χ3v) is 2.71. The molecule has 0 bridgehead atoms. The SMILES string of the molecule is CCCNC(=O)COC1C=CCCCCC1. The normalized spacial score (nSPS) is 21.2. The maximum Gasteiger partial charge on any atom is 0.246 e. The Morgan fingerprint density at radius 3 is 3.12 bits per heavy atom. The third kappa shape index (κ3) is 5.91. The van der Waals surface area contributed by atoms with Crippen LogP contribution in [0.3, 0.4) is 0 Å². The molecule has 92 valence electrons. The number of rotatable bonds is 5. The Morgan fingerprint density at radius 1 is 1.44 bits per heavy atom. The molecule has 16 heavy (non-hydrogen) atoms. The van der Waals surface area contributed by atoms with Crippen LogP contribution in [0.4, 0.5) is 0 Å². The minimum atomic E-state index is -0.00249. The number of ether oxygens (including phenoxy) is 1. The zero-order valence-electron chi connectivity index (χ0n) is 10.2. The molecule has 0 aromatic heterocycles. The Hall–Kier alpha value is -0.830. The average Bonchev–Trinajstić information content (AvgIpc) is 2.25. The molecule has 1 rings (SSSR count). The molecule has 0 aromatic rings. The van der Waals surface area contributed by atoms with Crippen LogP contribution < -0.4 is 5.32 Å². The molecule has 0 saturated carbocycles. The van der Waals surface area contributed by atoms with E-state index in [1.165, 1.54) is 19.3 Å². The van der Waals surface area contributed by atoms with Crippen molar-refractivity contribution in [1.29, 1.82) is 0 Å². The van der Waals surface area contributed by atoms with Gasteiger partial charge in [-0.2, -0.15) is 0 Å². The van der Waals surface area contributed by atoms with Gasteiger partial charge in [-0.1, -0.05) is 31.9 Å². The molecule has 1 aliphatic rings. The molecule has 0 heterocycles. The van der Waals surface area contributed by atoms with Crippen LogP contribution in [0.2, 0.25) is 0 Å². The summed E-state index contributed by atoms with van der Waals surface area (Å²) in [5, 5.41) is 2.81. The summed E-state index contributed by atoms with van der Waals surface area (Å²) >= 11 is 0. The Kier molecular flexibility index (Phi) is 6.90. The molecular formula is C13H23NO2. The van der Waals surface area contributed by atoms with Crippen molar-refractivity contribution in [3.05, 3.63) is 12.2 Å². The van der Waals surface area contributed by atoms with Gasteiger partial charge >= 0.3 is 0 Å². The van der Waals surface area contributed by atoms with E-state index in [-0.39, 0.29) is 18.6 Å². The molecule has 1 aliphatic carbocycles. The van der Waals surface area contributed by atoms with Crippen molar-refractivity contribution in [2.75, 3.05) is 13.2 Å².